The van der Waals surface area contributed by atoms with E-state index in [0.717, 1.165) is 6.42 Å². The van der Waals surface area contributed by atoms with Gasteiger partial charge in [-0.1, -0.05) is 0 Å². The standard InChI is InChI=1S/C9H13N3O3/c10-7(13)4-11-5-8(14)12-3-1-2-6(12)9(11)15/h6H,1-5H2,(H2,10,13). The molecule has 6 nitrogen and oxygen atoms in total. The summed E-state index contributed by atoms with van der Waals surface area (Å²) in [6.07, 6.45) is 1.55. The van der Waals surface area contributed by atoms with Crippen LogP contribution >= 0.6 is 0 Å². The molecule has 2 heterocycles. The van der Waals surface area contributed by atoms with Crippen LogP contribution in [0.2, 0.25) is 0 Å². The van der Waals surface area contributed by atoms with Crippen molar-refractivity contribution in [2.45, 2.75) is 18.9 Å². The number of carbonyl (C=O) groups is 3. The van der Waals surface area contributed by atoms with Gasteiger partial charge in [0.15, 0.2) is 0 Å². The lowest BCUT2D eigenvalue weighted by molar-refractivity contribution is -0.154. The van der Waals surface area contributed by atoms with Crippen LogP contribution in [0.1, 0.15) is 12.8 Å². The molecule has 0 saturated carbocycles. The first-order valence-electron chi connectivity index (χ1n) is 4.96. The van der Waals surface area contributed by atoms with Crippen molar-refractivity contribution in [1.29, 1.82) is 0 Å². The molecular weight excluding hydrogens is 198 g/mol. The number of amides is 3. The fourth-order valence-corrected chi connectivity index (χ4v) is 2.19. The highest BCUT2D eigenvalue weighted by molar-refractivity contribution is 5.97. The molecule has 2 aliphatic rings. The molecule has 0 aromatic carbocycles. The van der Waals surface area contributed by atoms with Gasteiger partial charge in [-0.05, 0) is 12.8 Å². The van der Waals surface area contributed by atoms with Crippen molar-refractivity contribution < 1.29 is 14.4 Å². The maximum absolute atomic E-state index is 11.8. The third-order valence-electron chi connectivity index (χ3n) is 2.84. The third kappa shape index (κ3) is 1.67. The SMILES string of the molecule is NC(=O)CN1CC(=O)N2CCCC2C1=O. The Kier molecular flexibility index (Phi) is 2.34. The Morgan fingerprint density at radius 3 is 2.87 bits per heavy atom. The first-order chi connectivity index (χ1) is 7.09. The minimum atomic E-state index is -0.581. The number of fused-ring (bicyclic) bond motifs is 1. The average molecular weight is 211 g/mol. The van der Waals surface area contributed by atoms with Crippen molar-refractivity contribution >= 4 is 17.7 Å². The van der Waals surface area contributed by atoms with Gasteiger partial charge in [0, 0.05) is 6.54 Å². The van der Waals surface area contributed by atoms with Crippen molar-refractivity contribution in [3.05, 3.63) is 0 Å². The predicted octanol–water partition coefficient (Wildman–Crippen LogP) is -1.70. The summed E-state index contributed by atoms with van der Waals surface area (Å²) in [5.41, 5.74) is 5.01. The zero-order valence-electron chi connectivity index (χ0n) is 8.31. The lowest BCUT2D eigenvalue weighted by Gasteiger charge is -2.35. The molecule has 2 saturated heterocycles. The second kappa shape index (κ2) is 3.52. The van der Waals surface area contributed by atoms with E-state index in [4.69, 9.17) is 5.73 Å². The zero-order chi connectivity index (χ0) is 11.0. The predicted molar refractivity (Wildman–Crippen MR) is 50.5 cm³/mol. The van der Waals surface area contributed by atoms with Crippen LogP contribution in [0.4, 0.5) is 0 Å². The Labute approximate surface area is 87.0 Å². The lowest BCUT2D eigenvalue weighted by Crippen LogP contribution is -2.58. The molecule has 0 aliphatic carbocycles. The van der Waals surface area contributed by atoms with Crippen LogP contribution in [0, 0.1) is 0 Å². The third-order valence-corrected chi connectivity index (χ3v) is 2.84. The van der Waals surface area contributed by atoms with Gasteiger partial charge < -0.3 is 15.5 Å². The van der Waals surface area contributed by atoms with Crippen molar-refractivity contribution in [1.82, 2.24) is 9.80 Å². The highest BCUT2D eigenvalue weighted by Crippen LogP contribution is 2.23. The van der Waals surface area contributed by atoms with E-state index in [2.05, 4.69) is 0 Å². The highest BCUT2D eigenvalue weighted by atomic mass is 16.2. The Morgan fingerprint density at radius 2 is 2.20 bits per heavy atom. The zero-order valence-corrected chi connectivity index (χ0v) is 8.31. The van der Waals surface area contributed by atoms with Gasteiger partial charge in [0.2, 0.25) is 17.7 Å². The summed E-state index contributed by atoms with van der Waals surface area (Å²) in [5.74, 6) is -0.813. The van der Waals surface area contributed by atoms with Crippen LogP contribution in [0.3, 0.4) is 0 Å². The fourth-order valence-electron chi connectivity index (χ4n) is 2.19. The van der Waals surface area contributed by atoms with E-state index < -0.39 is 5.91 Å². The molecule has 0 aromatic rings. The van der Waals surface area contributed by atoms with Gasteiger partial charge in [0.05, 0.1) is 6.54 Å². The molecule has 1 atom stereocenters. The largest absolute Gasteiger partial charge is 0.368 e. The monoisotopic (exact) mass is 211 g/mol. The lowest BCUT2D eigenvalue weighted by atomic mass is 10.1. The first-order valence-corrected chi connectivity index (χ1v) is 4.96. The first kappa shape index (κ1) is 9.95. The normalized spacial score (nSPS) is 25.7. The van der Waals surface area contributed by atoms with E-state index in [1.54, 1.807) is 4.90 Å². The van der Waals surface area contributed by atoms with E-state index in [1.165, 1.54) is 4.90 Å². The van der Waals surface area contributed by atoms with Gasteiger partial charge in [-0.3, -0.25) is 14.4 Å². The van der Waals surface area contributed by atoms with Gasteiger partial charge in [0.1, 0.15) is 12.6 Å². The summed E-state index contributed by atoms with van der Waals surface area (Å²) >= 11 is 0. The van der Waals surface area contributed by atoms with Crippen LogP contribution < -0.4 is 5.73 Å². The Morgan fingerprint density at radius 1 is 1.47 bits per heavy atom. The minimum absolute atomic E-state index is 0.0156. The molecule has 6 heteroatoms. The quantitative estimate of drug-likeness (QED) is 0.591. The Bertz CT molecular complexity index is 329. The Balaban J connectivity index is 2.13. The van der Waals surface area contributed by atoms with E-state index >= 15 is 0 Å². The van der Waals surface area contributed by atoms with Gasteiger partial charge in [-0.2, -0.15) is 0 Å². The second-order valence-corrected chi connectivity index (χ2v) is 3.91. The minimum Gasteiger partial charge on any atom is -0.368 e. The van der Waals surface area contributed by atoms with E-state index in [0.29, 0.717) is 13.0 Å². The van der Waals surface area contributed by atoms with Crippen LogP contribution in [0.5, 0.6) is 0 Å². The summed E-state index contributed by atoms with van der Waals surface area (Å²) in [6.45, 7) is 0.479. The van der Waals surface area contributed by atoms with Crippen molar-refractivity contribution in [2.24, 2.45) is 5.73 Å². The van der Waals surface area contributed by atoms with Crippen LogP contribution in [0.15, 0.2) is 0 Å². The topological polar surface area (TPSA) is 83.7 Å². The average Bonchev–Trinajstić information content (AvgIpc) is 2.61. The number of rotatable bonds is 2. The van der Waals surface area contributed by atoms with E-state index in [-0.39, 0.29) is 30.9 Å². The molecule has 0 aromatic heterocycles. The molecule has 15 heavy (non-hydrogen) atoms. The summed E-state index contributed by atoms with van der Waals surface area (Å²) in [5, 5.41) is 0. The molecular formula is C9H13N3O3. The van der Waals surface area contributed by atoms with Gasteiger partial charge in [-0.15, -0.1) is 0 Å². The summed E-state index contributed by atoms with van der Waals surface area (Å²) in [4.78, 5) is 37.0. The summed E-state index contributed by atoms with van der Waals surface area (Å²) in [6, 6.07) is -0.356. The maximum atomic E-state index is 11.8. The van der Waals surface area contributed by atoms with Crippen LogP contribution in [0.25, 0.3) is 0 Å². The molecule has 0 radical (unpaired) electrons. The number of hydrogen-bond acceptors (Lipinski definition) is 3. The number of primary amides is 1. The van der Waals surface area contributed by atoms with Crippen molar-refractivity contribution in [3.63, 3.8) is 0 Å². The number of carbonyl (C=O) groups excluding carboxylic acids is 3. The van der Waals surface area contributed by atoms with Gasteiger partial charge in [0.25, 0.3) is 0 Å². The van der Waals surface area contributed by atoms with Gasteiger partial charge >= 0.3 is 0 Å². The van der Waals surface area contributed by atoms with E-state index in [1.807, 2.05) is 0 Å². The number of nitrogens with two attached hydrogens (primary N) is 1. The van der Waals surface area contributed by atoms with E-state index in [9.17, 15) is 14.4 Å². The molecule has 1 unspecified atom stereocenters. The number of hydrogen-bond donors (Lipinski definition) is 1. The molecule has 2 fully saturated rings. The Hall–Kier alpha value is -1.59. The smallest absolute Gasteiger partial charge is 0.246 e. The molecule has 2 rings (SSSR count). The van der Waals surface area contributed by atoms with Crippen LogP contribution in [-0.2, 0) is 14.4 Å². The molecule has 2 aliphatic heterocycles. The van der Waals surface area contributed by atoms with Crippen LogP contribution in [-0.4, -0.2) is 53.2 Å². The molecule has 82 valence electrons. The molecule has 2 N–H and O–H groups in total. The van der Waals surface area contributed by atoms with Gasteiger partial charge in [-0.25, -0.2) is 0 Å². The fraction of sp³-hybridized carbons (Fsp3) is 0.667. The summed E-state index contributed by atoms with van der Waals surface area (Å²) in [7, 11) is 0. The highest BCUT2D eigenvalue weighted by Gasteiger charge is 2.41. The number of piperazine rings is 1. The molecule has 0 spiro atoms. The molecule has 3 amide bonds. The summed E-state index contributed by atoms with van der Waals surface area (Å²) < 4.78 is 0. The van der Waals surface area contributed by atoms with Crippen molar-refractivity contribution in [2.75, 3.05) is 19.6 Å². The molecule has 0 bridgehead atoms. The second-order valence-electron chi connectivity index (χ2n) is 3.91. The maximum Gasteiger partial charge on any atom is 0.246 e. The van der Waals surface area contributed by atoms with Crippen molar-refractivity contribution in [3.8, 4) is 0 Å². The number of nitrogens with zero attached hydrogens (tertiary/aromatic N) is 2.